The Morgan fingerprint density at radius 2 is 2.00 bits per heavy atom. The molecule has 116 valence electrons. The van der Waals surface area contributed by atoms with Gasteiger partial charge < -0.3 is 15.5 Å². The van der Waals surface area contributed by atoms with Gasteiger partial charge in [0, 0.05) is 32.1 Å². The minimum absolute atomic E-state index is 0.0501. The Morgan fingerprint density at radius 3 is 2.62 bits per heavy atom. The zero-order chi connectivity index (χ0) is 15.2. The second-order valence-electron chi connectivity index (χ2n) is 4.92. The fraction of sp³-hybridized carbons (Fsp3) is 0.692. The molecule has 0 aromatic carbocycles. The van der Waals surface area contributed by atoms with Crippen LogP contribution < -0.4 is 15.5 Å². The van der Waals surface area contributed by atoms with Crippen molar-refractivity contribution in [2.24, 2.45) is 0 Å². The van der Waals surface area contributed by atoms with E-state index in [0.29, 0.717) is 30.9 Å². The molecule has 0 spiro atoms. The fourth-order valence-electron chi connectivity index (χ4n) is 1.88. The summed E-state index contributed by atoms with van der Waals surface area (Å²) in [7, 11) is 0. The van der Waals surface area contributed by atoms with Crippen molar-refractivity contribution < 1.29 is 4.79 Å². The molecule has 1 aliphatic rings. The maximum atomic E-state index is 11.6. The summed E-state index contributed by atoms with van der Waals surface area (Å²) in [5.74, 6) is 0.996. The summed E-state index contributed by atoms with van der Waals surface area (Å²) in [6.45, 7) is 6.10. The summed E-state index contributed by atoms with van der Waals surface area (Å²) in [5, 5.41) is 6.10. The standard InChI is InChI=1S/C13H21ClN6O/c1-3-20(4-2)13-18-11(14)17-12(19-13)15-8-7-10(21)16-9-5-6-9/h9H,3-8H2,1-2H3,(H,16,21)(H,15,17,18,19). The van der Waals surface area contributed by atoms with E-state index in [-0.39, 0.29) is 11.2 Å². The topological polar surface area (TPSA) is 83.0 Å². The molecule has 0 aliphatic heterocycles. The molecule has 7 nitrogen and oxygen atoms in total. The Labute approximate surface area is 129 Å². The number of amides is 1. The minimum Gasteiger partial charge on any atom is -0.354 e. The molecule has 21 heavy (non-hydrogen) atoms. The van der Waals surface area contributed by atoms with Gasteiger partial charge in [-0.3, -0.25) is 4.79 Å². The Hall–Kier alpha value is -1.63. The third-order valence-electron chi connectivity index (χ3n) is 3.22. The normalized spacial score (nSPS) is 13.9. The van der Waals surface area contributed by atoms with Crippen molar-refractivity contribution in [3.05, 3.63) is 5.28 Å². The zero-order valence-electron chi connectivity index (χ0n) is 12.4. The van der Waals surface area contributed by atoms with Gasteiger partial charge in [-0.2, -0.15) is 15.0 Å². The number of aromatic nitrogens is 3. The molecule has 1 heterocycles. The van der Waals surface area contributed by atoms with Crippen LogP contribution in [0.25, 0.3) is 0 Å². The first kappa shape index (κ1) is 15.8. The summed E-state index contributed by atoms with van der Waals surface area (Å²) >= 11 is 5.92. The number of halogens is 1. The molecule has 0 bridgehead atoms. The van der Waals surface area contributed by atoms with E-state index in [1.165, 1.54) is 0 Å². The highest BCUT2D eigenvalue weighted by molar-refractivity contribution is 6.28. The van der Waals surface area contributed by atoms with Crippen molar-refractivity contribution in [2.75, 3.05) is 29.9 Å². The molecule has 1 saturated carbocycles. The lowest BCUT2D eigenvalue weighted by atomic mass is 10.4. The second kappa shape index (κ2) is 7.40. The molecule has 8 heteroatoms. The van der Waals surface area contributed by atoms with Crippen molar-refractivity contribution in [1.29, 1.82) is 0 Å². The first-order chi connectivity index (χ1) is 10.1. The maximum absolute atomic E-state index is 11.6. The quantitative estimate of drug-likeness (QED) is 0.756. The molecule has 0 radical (unpaired) electrons. The SMILES string of the molecule is CCN(CC)c1nc(Cl)nc(NCCC(=O)NC2CC2)n1. The Bertz CT molecular complexity index is 490. The molecule has 0 atom stereocenters. The van der Waals surface area contributed by atoms with E-state index in [4.69, 9.17) is 11.6 Å². The van der Waals surface area contributed by atoms with Crippen molar-refractivity contribution in [3.63, 3.8) is 0 Å². The van der Waals surface area contributed by atoms with Crippen molar-refractivity contribution in [1.82, 2.24) is 20.3 Å². The molecule has 1 amide bonds. The van der Waals surface area contributed by atoms with E-state index in [2.05, 4.69) is 25.6 Å². The average Bonchev–Trinajstić information content (AvgIpc) is 3.23. The Morgan fingerprint density at radius 1 is 1.29 bits per heavy atom. The van der Waals surface area contributed by atoms with Crippen molar-refractivity contribution in [2.45, 2.75) is 39.2 Å². The number of carbonyl (C=O) groups is 1. The van der Waals surface area contributed by atoms with Gasteiger partial charge >= 0.3 is 0 Å². The zero-order valence-corrected chi connectivity index (χ0v) is 13.2. The number of anilines is 2. The minimum atomic E-state index is 0.0501. The van der Waals surface area contributed by atoms with E-state index in [9.17, 15) is 4.79 Å². The Balaban J connectivity index is 1.88. The molecule has 2 rings (SSSR count). The molecular formula is C13H21ClN6O. The molecule has 1 fully saturated rings. The molecule has 1 aromatic heterocycles. The molecule has 1 aliphatic carbocycles. The van der Waals surface area contributed by atoms with Crippen LogP contribution in [0.3, 0.4) is 0 Å². The second-order valence-corrected chi connectivity index (χ2v) is 5.26. The molecular weight excluding hydrogens is 292 g/mol. The fourth-order valence-corrected chi connectivity index (χ4v) is 2.04. The van der Waals surface area contributed by atoms with Gasteiger partial charge in [-0.1, -0.05) is 0 Å². The van der Waals surface area contributed by atoms with Crippen LogP contribution in [-0.4, -0.2) is 46.5 Å². The highest BCUT2D eigenvalue weighted by Crippen LogP contribution is 2.18. The first-order valence-corrected chi connectivity index (χ1v) is 7.70. The number of nitrogens with zero attached hydrogens (tertiary/aromatic N) is 4. The lowest BCUT2D eigenvalue weighted by Gasteiger charge is -2.18. The molecule has 0 unspecified atom stereocenters. The van der Waals surface area contributed by atoms with Gasteiger partial charge in [-0.15, -0.1) is 0 Å². The van der Waals surface area contributed by atoms with Gasteiger partial charge in [-0.05, 0) is 38.3 Å². The van der Waals surface area contributed by atoms with Crippen LogP contribution in [0, 0.1) is 0 Å². The first-order valence-electron chi connectivity index (χ1n) is 7.32. The van der Waals surface area contributed by atoms with Gasteiger partial charge in [0.2, 0.25) is 23.1 Å². The summed E-state index contributed by atoms with van der Waals surface area (Å²) in [5.41, 5.74) is 0. The van der Waals surface area contributed by atoms with E-state index < -0.39 is 0 Å². The number of rotatable bonds is 8. The number of carbonyl (C=O) groups excluding carboxylic acids is 1. The van der Waals surface area contributed by atoms with Crippen LogP contribution in [0.5, 0.6) is 0 Å². The van der Waals surface area contributed by atoms with E-state index in [1.807, 2.05) is 18.7 Å². The predicted octanol–water partition coefficient (Wildman–Crippen LogP) is 1.45. The number of hydrogen-bond donors (Lipinski definition) is 2. The van der Waals surface area contributed by atoms with Gasteiger partial charge in [0.15, 0.2) is 0 Å². The van der Waals surface area contributed by atoms with Crippen LogP contribution in [0.2, 0.25) is 5.28 Å². The van der Waals surface area contributed by atoms with Gasteiger partial charge in [0.25, 0.3) is 0 Å². The van der Waals surface area contributed by atoms with E-state index in [0.717, 1.165) is 25.9 Å². The number of hydrogen-bond acceptors (Lipinski definition) is 6. The highest BCUT2D eigenvalue weighted by Gasteiger charge is 2.22. The van der Waals surface area contributed by atoms with Gasteiger partial charge in [0.05, 0.1) is 0 Å². The van der Waals surface area contributed by atoms with Crippen LogP contribution in [0.4, 0.5) is 11.9 Å². The van der Waals surface area contributed by atoms with Crippen molar-refractivity contribution in [3.8, 4) is 0 Å². The van der Waals surface area contributed by atoms with Crippen molar-refractivity contribution >= 4 is 29.4 Å². The van der Waals surface area contributed by atoms with Crippen LogP contribution >= 0.6 is 11.6 Å². The van der Waals surface area contributed by atoms with E-state index >= 15 is 0 Å². The summed E-state index contributed by atoms with van der Waals surface area (Å²) in [6, 6.07) is 0.387. The highest BCUT2D eigenvalue weighted by atomic mass is 35.5. The van der Waals surface area contributed by atoms with Gasteiger partial charge in [0.1, 0.15) is 0 Å². The smallest absolute Gasteiger partial charge is 0.231 e. The summed E-state index contributed by atoms with van der Waals surface area (Å²) < 4.78 is 0. The number of nitrogens with one attached hydrogen (secondary N) is 2. The monoisotopic (exact) mass is 312 g/mol. The third-order valence-corrected chi connectivity index (χ3v) is 3.39. The molecule has 1 aromatic rings. The summed E-state index contributed by atoms with van der Waals surface area (Å²) in [6.07, 6.45) is 2.57. The lowest BCUT2D eigenvalue weighted by molar-refractivity contribution is -0.120. The van der Waals surface area contributed by atoms with Crippen LogP contribution in [-0.2, 0) is 4.79 Å². The Kier molecular flexibility index (Phi) is 5.55. The third kappa shape index (κ3) is 5.00. The van der Waals surface area contributed by atoms with E-state index in [1.54, 1.807) is 0 Å². The van der Waals surface area contributed by atoms with Crippen LogP contribution in [0.15, 0.2) is 0 Å². The molecule has 2 N–H and O–H groups in total. The predicted molar refractivity (Wildman–Crippen MR) is 82.7 cm³/mol. The van der Waals surface area contributed by atoms with Gasteiger partial charge in [-0.25, -0.2) is 0 Å². The largest absolute Gasteiger partial charge is 0.354 e. The molecule has 0 saturated heterocycles. The van der Waals surface area contributed by atoms with Crippen LogP contribution in [0.1, 0.15) is 33.1 Å². The summed E-state index contributed by atoms with van der Waals surface area (Å²) in [4.78, 5) is 26.0. The average molecular weight is 313 g/mol. The maximum Gasteiger partial charge on any atom is 0.231 e. The lowest BCUT2D eigenvalue weighted by Crippen LogP contribution is -2.27.